The lowest BCUT2D eigenvalue weighted by molar-refractivity contribution is -0.133. The molecule has 2 aliphatic heterocycles. The SMILES string of the molecule is O=C(C[C@@H]1CC[C@H](NC(=O)CCN2CCCCC2)[C@@H](CO)O1)Nc1nccs1. The van der Waals surface area contributed by atoms with Crippen molar-refractivity contribution in [1.82, 2.24) is 15.2 Å². The summed E-state index contributed by atoms with van der Waals surface area (Å²) in [5.41, 5.74) is 0. The number of nitrogens with zero attached hydrogens (tertiary/aromatic N) is 2. The number of carbonyl (C=O) groups excluding carboxylic acids is 2. The summed E-state index contributed by atoms with van der Waals surface area (Å²) >= 11 is 1.37. The fourth-order valence-electron chi connectivity index (χ4n) is 3.83. The highest BCUT2D eigenvalue weighted by Crippen LogP contribution is 2.23. The van der Waals surface area contributed by atoms with Crippen LogP contribution in [-0.2, 0) is 14.3 Å². The van der Waals surface area contributed by atoms with Gasteiger partial charge in [0.2, 0.25) is 11.8 Å². The second kappa shape index (κ2) is 10.8. The molecule has 0 aromatic carbocycles. The average molecular weight is 411 g/mol. The summed E-state index contributed by atoms with van der Waals surface area (Å²) < 4.78 is 5.88. The van der Waals surface area contributed by atoms with Crippen molar-refractivity contribution in [3.8, 4) is 0 Å². The van der Waals surface area contributed by atoms with Gasteiger partial charge in [0.05, 0.1) is 25.2 Å². The summed E-state index contributed by atoms with van der Waals surface area (Å²) in [5, 5.41) is 17.8. The molecule has 2 amide bonds. The number of amides is 2. The first kappa shape index (κ1) is 21.2. The maximum Gasteiger partial charge on any atom is 0.228 e. The van der Waals surface area contributed by atoms with Gasteiger partial charge in [-0.05, 0) is 38.8 Å². The Kier molecular flexibility index (Phi) is 8.20. The molecule has 8 nitrogen and oxygen atoms in total. The molecule has 2 fully saturated rings. The molecule has 9 heteroatoms. The van der Waals surface area contributed by atoms with Crippen molar-refractivity contribution in [3.63, 3.8) is 0 Å². The Balaban J connectivity index is 1.39. The van der Waals surface area contributed by atoms with E-state index >= 15 is 0 Å². The third kappa shape index (κ3) is 6.51. The van der Waals surface area contributed by atoms with Crippen LogP contribution in [0.5, 0.6) is 0 Å². The summed E-state index contributed by atoms with van der Waals surface area (Å²) in [6.45, 7) is 2.75. The van der Waals surface area contributed by atoms with E-state index in [2.05, 4.69) is 20.5 Å². The van der Waals surface area contributed by atoms with Crippen LogP contribution in [0.1, 0.15) is 44.9 Å². The van der Waals surface area contributed by atoms with Crippen molar-refractivity contribution < 1.29 is 19.4 Å². The zero-order chi connectivity index (χ0) is 19.8. The van der Waals surface area contributed by atoms with E-state index in [1.54, 1.807) is 11.6 Å². The number of rotatable bonds is 8. The molecule has 3 heterocycles. The molecule has 0 spiro atoms. The summed E-state index contributed by atoms with van der Waals surface area (Å²) in [6, 6.07) is -0.211. The van der Waals surface area contributed by atoms with Gasteiger partial charge in [0, 0.05) is 24.5 Å². The molecule has 28 heavy (non-hydrogen) atoms. The zero-order valence-electron chi connectivity index (χ0n) is 16.1. The van der Waals surface area contributed by atoms with Crippen molar-refractivity contribution in [3.05, 3.63) is 11.6 Å². The first-order valence-corrected chi connectivity index (χ1v) is 11.0. The third-order valence-electron chi connectivity index (χ3n) is 5.34. The highest BCUT2D eigenvalue weighted by atomic mass is 32.1. The van der Waals surface area contributed by atoms with Crippen molar-refractivity contribution >= 4 is 28.3 Å². The van der Waals surface area contributed by atoms with Gasteiger partial charge in [-0.2, -0.15) is 0 Å². The normalized spacial score (nSPS) is 26.0. The van der Waals surface area contributed by atoms with Crippen LogP contribution in [0, 0.1) is 0 Å². The van der Waals surface area contributed by atoms with Crippen LogP contribution in [0.15, 0.2) is 11.6 Å². The van der Waals surface area contributed by atoms with Gasteiger partial charge in [0.1, 0.15) is 6.10 Å². The fourth-order valence-corrected chi connectivity index (χ4v) is 4.38. The highest BCUT2D eigenvalue weighted by Gasteiger charge is 2.33. The third-order valence-corrected chi connectivity index (χ3v) is 6.03. The minimum atomic E-state index is -0.481. The Morgan fingerprint density at radius 1 is 1.25 bits per heavy atom. The van der Waals surface area contributed by atoms with E-state index in [-0.39, 0.29) is 37.0 Å². The van der Waals surface area contributed by atoms with Crippen molar-refractivity contribution in [2.24, 2.45) is 0 Å². The number of piperidine rings is 1. The van der Waals surface area contributed by atoms with E-state index < -0.39 is 6.10 Å². The topological polar surface area (TPSA) is 104 Å². The predicted octanol–water partition coefficient (Wildman–Crippen LogP) is 1.37. The minimum absolute atomic E-state index is 0.00223. The van der Waals surface area contributed by atoms with Crippen molar-refractivity contribution in [2.75, 3.05) is 31.6 Å². The molecule has 3 rings (SSSR count). The van der Waals surface area contributed by atoms with Crippen LogP contribution in [0.2, 0.25) is 0 Å². The number of carbonyl (C=O) groups is 2. The molecule has 0 unspecified atom stereocenters. The quantitative estimate of drug-likeness (QED) is 0.598. The van der Waals surface area contributed by atoms with Crippen molar-refractivity contribution in [2.45, 2.75) is 63.2 Å². The van der Waals surface area contributed by atoms with Gasteiger partial charge < -0.3 is 25.4 Å². The maximum atomic E-state index is 12.3. The highest BCUT2D eigenvalue weighted by molar-refractivity contribution is 7.13. The molecular weight excluding hydrogens is 380 g/mol. The Bertz CT molecular complexity index is 621. The number of aliphatic hydroxyl groups excluding tert-OH is 1. The molecule has 0 aliphatic carbocycles. The first-order chi connectivity index (χ1) is 13.6. The van der Waals surface area contributed by atoms with E-state index in [1.807, 2.05) is 0 Å². The number of aliphatic hydroxyl groups is 1. The number of aromatic nitrogens is 1. The van der Waals surface area contributed by atoms with Crippen LogP contribution < -0.4 is 10.6 Å². The molecule has 2 saturated heterocycles. The van der Waals surface area contributed by atoms with Gasteiger partial charge in [-0.3, -0.25) is 9.59 Å². The number of ether oxygens (including phenoxy) is 1. The number of anilines is 1. The van der Waals surface area contributed by atoms with Crippen molar-refractivity contribution in [1.29, 1.82) is 0 Å². The largest absolute Gasteiger partial charge is 0.394 e. The first-order valence-electron chi connectivity index (χ1n) is 10.1. The van der Waals surface area contributed by atoms with E-state index in [4.69, 9.17) is 4.74 Å². The molecular formula is C19H30N4O4S. The molecule has 1 aromatic rings. The van der Waals surface area contributed by atoms with Gasteiger partial charge in [-0.25, -0.2) is 4.98 Å². The second-order valence-electron chi connectivity index (χ2n) is 7.47. The maximum absolute atomic E-state index is 12.3. The Hall–Kier alpha value is -1.55. The van der Waals surface area contributed by atoms with E-state index in [9.17, 15) is 14.7 Å². The molecule has 156 valence electrons. The van der Waals surface area contributed by atoms with E-state index in [1.165, 1.54) is 30.6 Å². The Morgan fingerprint density at radius 2 is 2.07 bits per heavy atom. The summed E-state index contributed by atoms with van der Waals surface area (Å²) in [7, 11) is 0. The van der Waals surface area contributed by atoms with Crippen LogP contribution >= 0.6 is 11.3 Å². The number of likely N-dealkylation sites (tertiary alicyclic amines) is 1. The number of hydrogen-bond acceptors (Lipinski definition) is 7. The van der Waals surface area contributed by atoms with Crippen LogP contribution in [-0.4, -0.2) is 71.3 Å². The fraction of sp³-hybridized carbons (Fsp3) is 0.737. The number of nitrogens with one attached hydrogen (secondary N) is 2. The molecule has 0 radical (unpaired) electrons. The lowest BCUT2D eigenvalue weighted by Gasteiger charge is -2.36. The molecule has 3 atom stereocenters. The number of hydrogen-bond donors (Lipinski definition) is 3. The summed E-state index contributed by atoms with van der Waals surface area (Å²) in [5.74, 6) is -0.154. The van der Waals surface area contributed by atoms with Crippen LogP contribution in [0.25, 0.3) is 0 Å². The summed E-state index contributed by atoms with van der Waals surface area (Å²) in [4.78, 5) is 30.8. The van der Waals surface area contributed by atoms with Gasteiger partial charge in [0.25, 0.3) is 0 Å². The van der Waals surface area contributed by atoms with Gasteiger partial charge in [0.15, 0.2) is 5.13 Å². The molecule has 0 bridgehead atoms. The molecule has 1 aromatic heterocycles. The van der Waals surface area contributed by atoms with Gasteiger partial charge >= 0.3 is 0 Å². The Labute approximate surface area is 169 Å². The molecule has 0 saturated carbocycles. The van der Waals surface area contributed by atoms with Crippen LogP contribution in [0.4, 0.5) is 5.13 Å². The lowest BCUT2D eigenvalue weighted by Crippen LogP contribution is -2.51. The Morgan fingerprint density at radius 3 is 2.79 bits per heavy atom. The van der Waals surface area contributed by atoms with Gasteiger partial charge in [-0.15, -0.1) is 11.3 Å². The predicted molar refractivity (Wildman–Crippen MR) is 107 cm³/mol. The zero-order valence-corrected chi connectivity index (χ0v) is 17.0. The lowest BCUT2D eigenvalue weighted by atomic mass is 9.96. The minimum Gasteiger partial charge on any atom is -0.394 e. The number of thiazole rings is 1. The monoisotopic (exact) mass is 410 g/mol. The van der Waals surface area contributed by atoms with Gasteiger partial charge in [-0.1, -0.05) is 6.42 Å². The molecule has 2 aliphatic rings. The average Bonchev–Trinajstić information content (AvgIpc) is 3.21. The molecule has 3 N–H and O–H groups in total. The second-order valence-corrected chi connectivity index (χ2v) is 8.37. The standard InChI is InChI=1S/C19H30N4O4S/c24-13-16-15(21-17(25)6-10-23-8-2-1-3-9-23)5-4-14(27-16)12-18(26)22-19-20-7-11-28-19/h7,11,14-16,24H,1-6,8-10,12-13H2,(H,21,25)(H,20,22,26)/t14-,15-,16+/m0/s1. The van der Waals surface area contributed by atoms with E-state index in [0.29, 0.717) is 24.4 Å². The van der Waals surface area contributed by atoms with E-state index in [0.717, 1.165) is 19.6 Å². The summed E-state index contributed by atoms with van der Waals surface area (Å²) in [6.07, 6.45) is 6.63. The smallest absolute Gasteiger partial charge is 0.228 e. The van der Waals surface area contributed by atoms with Crippen LogP contribution in [0.3, 0.4) is 0 Å².